The minimum atomic E-state index is 0.495. The van der Waals surface area contributed by atoms with Gasteiger partial charge in [0.25, 0.3) is 0 Å². The molecule has 0 aliphatic carbocycles. The van der Waals surface area contributed by atoms with Crippen LogP contribution in [0, 0.1) is 12.8 Å². The van der Waals surface area contributed by atoms with Gasteiger partial charge in [-0.3, -0.25) is 0 Å². The van der Waals surface area contributed by atoms with Gasteiger partial charge in [-0.15, -0.1) is 0 Å². The SMILES string of the molecule is Cc1cc(Cl)c(NC2CCN(CC(C)C)CC2)cc1Cl. The first-order valence-corrected chi connectivity index (χ1v) is 8.16. The molecule has 1 N–H and O–H groups in total. The second-order valence-electron chi connectivity index (χ2n) is 6.19. The number of anilines is 1. The van der Waals surface area contributed by atoms with Gasteiger partial charge in [-0.05, 0) is 43.4 Å². The molecule has 1 aromatic carbocycles. The minimum Gasteiger partial charge on any atom is -0.381 e. The van der Waals surface area contributed by atoms with E-state index in [0.717, 1.165) is 53.1 Å². The van der Waals surface area contributed by atoms with E-state index in [9.17, 15) is 0 Å². The molecule has 2 rings (SSSR count). The monoisotopic (exact) mass is 314 g/mol. The maximum absolute atomic E-state index is 6.29. The molecule has 20 heavy (non-hydrogen) atoms. The van der Waals surface area contributed by atoms with E-state index in [1.165, 1.54) is 6.54 Å². The predicted octanol–water partition coefficient (Wildman–Crippen LogP) is 4.83. The second kappa shape index (κ2) is 7.02. The highest BCUT2D eigenvalue weighted by Crippen LogP contribution is 2.30. The summed E-state index contributed by atoms with van der Waals surface area (Å²) in [5.74, 6) is 0.741. The zero-order chi connectivity index (χ0) is 14.7. The van der Waals surface area contributed by atoms with Crippen LogP contribution in [0.2, 0.25) is 10.0 Å². The van der Waals surface area contributed by atoms with Crippen LogP contribution in [0.3, 0.4) is 0 Å². The number of halogens is 2. The van der Waals surface area contributed by atoms with Crippen LogP contribution < -0.4 is 5.32 Å². The van der Waals surface area contributed by atoms with Crippen molar-refractivity contribution in [3.05, 3.63) is 27.7 Å². The molecule has 0 amide bonds. The Morgan fingerprint density at radius 1 is 1.20 bits per heavy atom. The van der Waals surface area contributed by atoms with Gasteiger partial charge in [-0.2, -0.15) is 0 Å². The molecule has 0 atom stereocenters. The number of piperidine rings is 1. The van der Waals surface area contributed by atoms with Crippen molar-refractivity contribution in [2.45, 2.75) is 39.7 Å². The highest BCUT2D eigenvalue weighted by Gasteiger charge is 2.20. The van der Waals surface area contributed by atoms with Gasteiger partial charge in [-0.1, -0.05) is 37.0 Å². The molecular weight excluding hydrogens is 291 g/mol. The first-order chi connectivity index (χ1) is 9.45. The van der Waals surface area contributed by atoms with E-state index in [1.54, 1.807) is 0 Å². The maximum Gasteiger partial charge on any atom is 0.0641 e. The molecule has 1 saturated heterocycles. The highest BCUT2D eigenvalue weighted by molar-refractivity contribution is 6.35. The van der Waals surface area contributed by atoms with E-state index >= 15 is 0 Å². The van der Waals surface area contributed by atoms with Gasteiger partial charge in [0.2, 0.25) is 0 Å². The summed E-state index contributed by atoms with van der Waals surface area (Å²) < 4.78 is 0. The average molecular weight is 315 g/mol. The summed E-state index contributed by atoms with van der Waals surface area (Å²) in [6.45, 7) is 10.0. The van der Waals surface area contributed by atoms with E-state index < -0.39 is 0 Å². The molecule has 0 radical (unpaired) electrons. The van der Waals surface area contributed by atoms with Crippen molar-refractivity contribution < 1.29 is 0 Å². The maximum atomic E-state index is 6.29. The summed E-state index contributed by atoms with van der Waals surface area (Å²) in [6, 6.07) is 4.37. The van der Waals surface area contributed by atoms with Gasteiger partial charge < -0.3 is 10.2 Å². The fourth-order valence-electron chi connectivity index (χ4n) is 2.75. The third kappa shape index (κ3) is 4.28. The van der Waals surface area contributed by atoms with Crippen molar-refractivity contribution in [1.29, 1.82) is 0 Å². The molecule has 0 aromatic heterocycles. The van der Waals surface area contributed by atoms with Gasteiger partial charge in [0.05, 0.1) is 10.7 Å². The van der Waals surface area contributed by atoms with Crippen LogP contribution in [-0.4, -0.2) is 30.6 Å². The molecule has 1 fully saturated rings. The lowest BCUT2D eigenvalue weighted by atomic mass is 10.0. The number of hydrogen-bond acceptors (Lipinski definition) is 2. The fourth-order valence-corrected chi connectivity index (χ4v) is 3.19. The largest absolute Gasteiger partial charge is 0.381 e. The average Bonchev–Trinajstić information content (AvgIpc) is 2.37. The molecule has 1 heterocycles. The number of benzene rings is 1. The molecule has 112 valence electrons. The van der Waals surface area contributed by atoms with E-state index in [4.69, 9.17) is 23.2 Å². The molecule has 1 aromatic rings. The Hall–Kier alpha value is -0.440. The fraction of sp³-hybridized carbons (Fsp3) is 0.625. The first-order valence-electron chi connectivity index (χ1n) is 7.40. The van der Waals surface area contributed by atoms with Gasteiger partial charge in [0.1, 0.15) is 0 Å². The summed E-state index contributed by atoms with van der Waals surface area (Å²) in [5.41, 5.74) is 1.98. The van der Waals surface area contributed by atoms with E-state index in [2.05, 4.69) is 24.1 Å². The number of rotatable bonds is 4. The lowest BCUT2D eigenvalue weighted by Crippen LogP contribution is -2.40. The summed E-state index contributed by atoms with van der Waals surface area (Å²) in [4.78, 5) is 2.55. The summed E-state index contributed by atoms with van der Waals surface area (Å²) in [7, 11) is 0. The molecular formula is C16H24Cl2N2. The van der Waals surface area contributed by atoms with E-state index in [0.29, 0.717) is 6.04 Å². The van der Waals surface area contributed by atoms with Crippen LogP contribution in [0.25, 0.3) is 0 Å². The Morgan fingerprint density at radius 3 is 2.45 bits per heavy atom. The van der Waals surface area contributed by atoms with Crippen molar-refractivity contribution in [3.63, 3.8) is 0 Å². The Bertz CT molecular complexity index is 452. The molecule has 0 spiro atoms. The number of aryl methyl sites for hydroxylation is 1. The summed E-state index contributed by atoms with van der Waals surface area (Å²) in [5, 5.41) is 5.08. The quantitative estimate of drug-likeness (QED) is 0.856. The van der Waals surface area contributed by atoms with Crippen molar-refractivity contribution in [3.8, 4) is 0 Å². The molecule has 0 bridgehead atoms. The smallest absolute Gasteiger partial charge is 0.0641 e. The molecule has 1 aliphatic heterocycles. The highest BCUT2D eigenvalue weighted by atomic mass is 35.5. The van der Waals surface area contributed by atoms with Crippen molar-refractivity contribution in [1.82, 2.24) is 4.90 Å². The van der Waals surface area contributed by atoms with Crippen LogP contribution in [0.15, 0.2) is 12.1 Å². The topological polar surface area (TPSA) is 15.3 Å². The van der Waals surface area contributed by atoms with Crippen LogP contribution in [0.5, 0.6) is 0 Å². The number of nitrogens with zero attached hydrogens (tertiary/aromatic N) is 1. The summed E-state index contributed by atoms with van der Waals surface area (Å²) >= 11 is 12.5. The van der Waals surface area contributed by atoms with Crippen LogP contribution in [-0.2, 0) is 0 Å². The molecule has 0 saturated carbocycles. The zero-order valence-electron chi connectivity index (χ0n) is 12.5. The Balaban J connectivity index is 1.91. The number of nitrogens with one attached hydrogen (secondary N) is 1. The normalized spacial score (nSPS) is 17.7. The van der Waals surface area contributed by atoms with Gasteiger partial charge >= 0.3 is 0 Å². The second-order valence-corrected chi connectivity index (χ2v) is 7.01. The van der Waals surface area contributed by atoms with Gasteiger partial charge in [0.15, 0.2) is 0 Å². The third-order valence-electron chi connectivity index (χ3n) is 3.82. The molecule has 0 unspecified atom stereocenters. The van der Waals surface area contributed by atoms with Gasteiger partial charge in [0, 0.05) is 30.7 Å². The Morgan fingerprint density at radius 2 is 1.85 bits per heavy atom. The molecule has 2 nitrogen and oxygen atoms in total. The summed E-state index contributed by atoms with van der Waals surface area (Å²) in [6.07, 6.45) is 2.32. The number of hydrogen-bond donors (Lipinski definition) is 1. The van der Waals surface area contributed by atoms with Crippen molar-refractivity contribution in [2.75, 3.05) is 25.0 Å². The minimum absolute atomic E-state index is 0.495. The van der Waals surface area contributed by atoms with Gasteiger partial charge in [-0.25, -0.2) is 0 Å². The molecule has 1 aliphatic rings. The lowest BCUT2D eigenvalue weighted by Gasteiger charge is -2.34. The van der Waals surface area contributed by atoms with Crippen molar-refractivity contribution >= 4 is 28.9 Å². The lowest BCUT2D eigenvalue weighted by molar-refractivity contribution is 0.198. The van der Waals surface area contributed by atoms with Crippen LogP contribution in [0.1, 0.15) is 32.3 Å². The Kier molecular flexibility index (Phi) is 5.59. The molecule has 4 heteroatoms. The number of likely N-dealkylation sites (tertiary alicyclic amines) is 1. The van der Waals surface area contributed by atoms with Crippen LogP contribution >= 0.6 is 23.2 Å². The van der Waals surface area contributed by atoms with E-state index in [-0.39, 0.29) is 0 Å². The van der Waals surface area contributed by atoms with Crippen LogP contribution in [0.4, 0.5) is 5.69 Å². The van der Waals surface area contributed by atoms with Crippen molar-refractivity contribution in [2.24, 2.45) is 5.92 Å². The Labute approximate surface area is 132 Å². The third-order valence-corrected chi connectivity index (χ3v) is 4.54. The first kappa shape index (κ1) is 15.9. The standard InChI is InChI=1S/C16H24Cl2N2/c1-11(2)10-20-6-4-13(5-7-20)19-16-9-14(17)12(3)8-15(16)18/h8-9,11,13,19H,4-7,10H2,1-3H3. The predicted molar refractivity (Wildman–Crippen MR) is 89.1 cm³/mol. The van der Waals surface area contributed by atoms with E-state index in [1.807, 2.05) is 19.1 Å². The zero-order valence-corrected chi connectivity index (χ0v) is 14.1.